The molecule has 0 heterocycles. The number of halogens is 3. The molecule has 2 N–H and O–H groups in total. The quantitative estimate of drug-likeness (QED) is 0.760. The van der Waals surface area contributed by atoms with Crippen molar-refractivity contribution in [3.8, 4) is 0 Å². The molecule has 1 rings (SSSR count). The van der Waals surface area contributed by atoms with Crippen molar-refractivity contribution in [2.24, 2.45) is 0 Å². The van der Waals surface area contributed by atoms with E-state index in [0.29, 0.717) is 15.1 Å². The summed E-state index contributed by atoms with van der Waals surface area (Å²) < 4.78 is 0. The molecule has 0 fully saturated rings. The van der Waals surface area contributed by atoms with Gasteiger partial charge in [-0.1, -0.05) is 47.8 Å². The zero-order chi connectivity index (χ0) is 13.7. The number of rotatable bonds is 6. The highest BCUT2D eigenvalue weighted by atomic mass is 35.5. The summed E-state index contributed by atoms with van der Waals surface area (Å²) in [5, 5.41) is 14.1. The van der Waals surface area contributed by atoms with Gasteiger partial charge in [0.1, 0.15) is 0 Å². The average Bonchev–Trinajstić information content (AvgIpc) is 2.35. The molecule has 0 aromatic heterocycles. The molecule has 0 aliphatic rings. The second-order valence-electron chi connectivity index (χ2n) is 4.29. The summed E-state index contributed by atoms with van der Waals surface area (Å²) in [6.07, 6.45) is 1.23. The third-order valence-corrected chi connectivity index (χ3v) is 4.24. The lowest BCUT2D eigenvalue weighted by molar-refractivity contribution is 0.159. The van der Waals surface area contributed by atoms with Gasteiger partial charge < -0.3 is 10.4 Å². The van der Waals surface area contributed by atoms with Gasteiger partial charge in [-0.2, -0.15) is 0 Å². The largest absolute Gasteiger partial charge is 0.393 e. The Morgan fingerprint density at radius 1 is 1.22 bits per heavy atom. The zero-order valence-corrected chi connectivity index (χ0v) is 12.8. The summed E-state index contributed by atoms with van der Waals surface area (Å²) in [6.45, 7) is 4.69. The number of aliphatic hydroxyl groups is 1. The first-order chi connectivity index (χ1) is 8.47. The van der Waals surface area contributed by atoms with Crippen molar-refractivity contribution in [3.05, 3.63) is 32.8 Å². The minimum atomic E-state index is -0.256. The molecule has 102 valence electrons. The minimum Gasteiger partial charge on any atom is -0.393 e. The van der Waals surface area contributed by atoms with Gasteiger partial charge >= 0.3 is 0 Å². The lowest BCUT2D eigenvalue weighted by Crippen LogP contribution is -2.23. The standard InChI is InChI=1S/C13H18Cl3NO/c1-3-9(18)6-7-17-8(2)10-4-5-11(14)13(16)12(10)15/h4-5,8-9,17-18H,3,6-7H2,1-2H3. The predicted molar refractivity (Wildman–Crippen MR) is 78.8 cm³/mol. The van der Waals surface area contributed by atoms with Crippen LogP contribution in [0.1, 0.15) is 38.3 Å². The average molecular weight is 311 g/mol. The van der Waals surface area contributed by atoms with Crippen LogP contribution in [0.4, 0.5) is 0 Å². The summed E-state index contributed by atoms with van der Waals surface area (Å²) in [5.41, 5.74) is 0.914. The van der Waals surface area contributed by atoms with Crippen LogP contribution in [0, 0.1) is 0 Å². The van der Waals surface area contributed by atoms with Gasteiger partial charge in [-0.3, -0.25) is 0 Å². The molecule has 1 aromatic rings. The summed E-state index contributed by atoms with van der Waals surface area (Å²) in [4.78, 5) is 0. The van der Waals surface area contributed by atoms with E-state index in [2.05, 4.69) is 5.32 Å². The molecule has 18 heavy (non-hydrogen) atoms. The van der Waals surface area contributed by atoms with Crippen molar-refractivity contribution < 1.29 is 5.11 Å². The van der Waals surface area contributed by atoms with E-state index in [1.54, 1.807) is 6.07 Å². The van der Waals surface area contributed by atoms with Crippen molar-refractivity contribution in [2.45, 2.75) is 38.8 Å². The van der Waals surface area contributed by atoms with Crippen molar-refractivity contribution in [2.75, 3.05) is 6.54 Å². The Morgan fingerprint density at radius 2 is 1.89 bits per heavy atom. The molecule has 0 saturated carbocycles. The third kappa shape index (κ3) is 4.29. The third-order valence-electron chi connectivity index (χ3n) is 2.93. The number of benzene rings is 1. The van der Waals surface area contributed by atoms with Gasteiger partial charge in [-0.05, 0) is 37.9 Å². The normalized spacial score (nSPS) is 14.6. The van der Waals surface area contributed by atoms with Crippen LogP contribution in [0.5, 0.6) is 0 Å². The van der Waals surface area contributed by atoms with Gasteiger partial charge in [0.05, 0.1) is 21.2 Å². The van der Waals surface area contributed by atoms with Crippen molar-refractivity contribution in [1.29, 1.82) is 0 Å². The van der Waals surface area contributed by atoms with Crippen LogP contribution in [0.15, 0.2) is 12.1 Å². The van der Waals surface area contributed by atoms with E-state index < -0.39 is 0 Å². The van der Waals surface area contributed by atoms with Crippen LogP contribution in [0.25, 0.3) is 0 Å². The summed E-state index contributed by atoms with van der Waals surface area (Å²) in [5.74, 6) is 0. The van der Waals surface area contributed by atoms with E-state index in [-0.39, 0.29) is 12.1 Å². The van der Waals surface area contributed by atoms with E-state index in [1.807, 2.05) is 19.9 Å². The number of hydrogen-bond acceptors (Lipinski definition) is 2. The first-order valence-electron chi connectivity index (χ1n) is 6.02. The zero-order valence-electron chi connectivity index (χ0n) is 10.5. The molecule has 5 heteroatoms. The smallest absolute Gasteiger partial charge is 0.0781 e. The second kappa shape index (κ2) is 7.56. The van der Waals surface area contributed by atoms with Gasteiger partial charge in [-0.15, -0.1) is 0 Å². The van der Waals surface area contributed by atoms with Crippen molar-refractivity contribution in [1.82, 2.24) is 5.32 Å². The Bertz CT molecular complexity index is 398. The monoisotopic (exact) mass is 309 g/mol. The molecule has 2 nitrogen and oxygen atoms in total. The van der Waals surface area contributed by atoms with Gasteiger partial charge in [0, 0.05) is 6.04 Å². The predicted octanol–water partition coefficient (Wildman–Crippen LogP) is 4.46. The molecule has 0 radical (unpaired) electrons. The first-order valence-corrected chi connectivity index (χ1v) is 7.15. The Hall–Kier alpha value is 0.01000. The van der Waals surface area contributed by atoms with Gasteiger partial charge in [-0.25, -0.2) is 0 Å². The first kappa shape index (κ1) is 16.1. The van der Waals surface area contributed by atoms with Crippen LogP contribution < -0.4 is 5.32 Å². The van der Waals surface area contributed by atoms with Gasteiger partial charge in [0.25, 0.3) is 0 Å². The maximum Gasteiger partial charge on any atom is 0.0781 e. The van der Waals surface area contributed by atoms with Crippen LogP contribution in [-0.4, -0.2) is 17.8 Å². The molecule has 0 bridgehead atoms. The van der Waals surface area contributed by atoms with Gasteiger partial charge in [0.15, 0.2) is 0 Å². The fourth-order valence-corrected chi connectivity index (χ4v) is 2.36. The maximum atomic E-state index is 9.47. The molecule has 0 spiro atoms. The molecule has 2 atom stereocenters. The van der Waals surface area contributed by atoms with Crippen LogP contribution in [-0.2, 0) is 0 Å². The minimum absolute atomic E-state index is 0.0660. The van der Waals surface area contributed by atoms with Crippen LogP contribution >= 0.6 is 34.8 Å². The Labute approximate surface area is 123 Å². The summed E-state index contributed by atoms with van der Waals surface area (Å²) in [6, 6.07) is 3.67. The fraction of sp³-hybridized carbons (Fsp3) is 0.538. The van der Waals surface area contributed by atoms with Gasteiger partial charge in [0.2, 0.25) is 0 Å². The molecule has 0 amide bonds. The van der Waals surface area contributed by atoms with Crippen molar-refractivity contribution in [3.63, 3.8) is 0 Å². The highest BCUT2D eigenvalue weighted by Crippen LogP contribution is 2.35. The topological polar surface area (TPSA) is 32.3 Å². The molecule has 0 aliphatic heterocycles. The second-order valence-corrected chi connectivity index (χ2v) is 5.45. The molecule has 0 saturated heterocycles. The van der Waals surface area contributed by atoms with E-state index in [4.69, 9.17) is 34.8 Å². The summed E-state index contributed by atoms with van der Waals surface area (Å²) >= 11 is 18.0. The van der Waals surface area contributed by atoms with E-state index in [0.717, 1.165) is 24.9 Å². The molecule has 1 aromatic carbocycles. The molecular weight excluding hydrogens is 293 g/mol. The molecular formula is C13H18Cl3NO. The Kier molecular flexibility index (Phi) is 6.75. The van der Waals surface area contributed by atoms with Crippen molar-refractivity contribution >= 4 is 34.8 Å². The molecule has 2 unspecified atom stereocenters. The fourth-order valence-electron chi connectivity index (χ4n) is 1.66. The van der Waals surface area contributed by atoms with E-state index in [9.17, 15) is 5.11 Å². The number of nitrogens with one attached hydrogen (secondary N) is 1. The lowest BCUT2D eigenvalue weighted by atomic mass is 10.1. The lowest BCUT2D eigenvalue weighted by Gasteiger charge is -2.17. The Balaban J connectivity index is 2.62. The van der Waals surface area contributed by atoms with E-state index >= 15 is 0 Å². The molecule has 0 aliphatic carbocycles. The van der Waals surface area contributed by atoms with Crippen LogP contribution in [0.2, 0.25) is 15.1 Å². The van der Waals surface area contributed by atoms with E-state index in [1.165, 1.54) is 0 Å². The SMILES string of the molecule is CCC(O)CCNC(C)c1ccc(Cl)c(Cl)c1Cl. The van der Waals surface area contributed by atoms with Crippen LogP contribution in [0.3, 0.4) is 0 Å². The highest BCUT2D eigenvalue weighted by molar-refractivity contribution is 6.48. The maximum absolute atomic E-state index is 9.47. The number of aliphatic hydroxyl groups excluding tert-OH is 1. The summed E-state index contributed by atoms with van der Waals surface area (Å²) in [7, 11) is 0. The highest BCUT2D eigenvalue weighted by Gasteiger charge is 2.14. The Morgan fingerprint density at radius 3 is 2.50 bits per heavy atom. The number of hydrogen-bond donors (Lipinski definition) is 2.